The molecular formula is C27H33N3O7S. The SMILES string of the molecule is C[C@H]1C(=O)N([C@@H](Cc2ccc3c(c2)CCC3)C(=O)OC(C)(C)C)CCN1S(=O)(=O)c1ccccc1[N+](=O)[O-]. The quantitative estimate of drug-likeness (QED) is 0.298. The van der Waals surface area contributed by atoms with Crippen LogP contribution in [0, 0.1) is 10.1 Å². The van der Waals surface area contributed by atoms with Gasteiger partial charge in [-0.3, -0.25) is 14.9 Å². The molecule has 1 amide bonds. The Morgan fingerprint density at radius 3 is 2.50 bits per heavy atom. The smallest absolute Gasteiger partial charge is 0.329 e. The third-order valence-electron chi connectivity index (χ3n) is 6.93. The molecule has 0 spiro atoms. The zero-order chi connectivity index (χ0) is 27.8. The van der Waals surface area contributed by atoms with Crippen LogP contribution in [0.1, 0.15) is 50.8 Å². The number of fused-ring (bicyclic) bond motifs is 1. The molecule has 1 fully saturated rings. The summed E-state index contributed by atoms with van der Waals surface area (Å²) in [5, 5.41) is 11.5. The molecule has 204 valence electrons. The van der Waals surface area contributed by atoms with Crippen molar-refractivity contribution in [2.75, 3.05) is 13.1 Å². The second-order valence-electron chi connectivity index (χ2n) is 10.8. The van der Waals surface area contributed by atoms with Gasteiger partial charge in [0.1, 0.15) is 17.7 Å². The lowest BCUT2D eigenvalue weighted by atomic mass is 9.99. The molecule has 1 aliphatic carbocycles. The van der Waals surface area contributed by atoms with Crippen LogP contribution in [0.25, 0.3) is 0 Å². The normalized spacial score (nSPS) is 19.2. The zero-order valence-corrected chi connectivity index (χ0v) is 22.9. The molecule has 2 aromatic rings. The predicted molar refractivity (Wildman–Crippen MR) is 140 cm³/mol. The molecule has 1 heterocycles. The van der Waals surface area contributed by atoms with Crippen LogP contribution in [0.5, 0.6) is 0 Å². The number of amides is 1. The van der Waals surface area contributed by atoms with Gasteiger partial charge in [0.25, 0.3) is 15.7 Å². The fourth-order valence-electron chi connectivity index (χ4n) is 5.13. The first kappa shape index (κ1) is 27.7. The van der Waals surface area contributed by atoms with Crippen molar-refractivity contribution in [2.24, 2.45) is 0 Å². The molecule has 2 aliphatic rings. The molecule has 0 aromatic heterocycles. The number of nitrogens with zero attached hydrogens (tertiary/aromatic N) is 3. The molecule has 2 atom stereocenters. The number of nitro benzene ring substituents is 1. The summed E-state index contributed by atoms with van der Waals surface area (Å²) in [5.41, 5.74) is 2.10. The van der Waals surface area contributed by atoms with Crippen molar-refractivity contribution in [3.63, 3.8) is 0 Å². The Kier molecular flexibility index (Phi) is 7.62. The first-order chi connectivity index (χ1) is 17.8. The highest BCUT2D eigenvalue weighted by molar-refractivity contribution is 7.89. The molecule has 0 N–H and O–H groups in total. The lowest BCUT2D eigenvalue weighted by Gasteiger charge is -2.41. The van der Waals surface area contributed by atoms with Gasteiger partial charge in [0.05, 0.1) is 4.92 Å². The number of hydrogen-bond donors (Lipinski definition) is 0. The maximum absolute atomic E-state index is 13.6. The van der Waals surface area contributed by atoms with Crippen LogP contribution in [-0.4, -0.2) is 65.2 Å². The minimum absolute atomic E-state index is 0.0577. The molecule has 38 heavy (non-hydrogen) atoms. The minimum atomic E-state index is -4.36. The Balaban J connectivity index is 1.63. The van der Waals surface area contributed by atoms with E-state index in [1.54, 1.807) is 20.8 Å². The highest BCUT2D eigenvalue weighted by atomic mass is 32.2. The van der Waals surface area contributed by atoms with Crippen molar-refractivity contribution < 1.29 is 27.7 Å². The lowest BCUT2D eigenvalue weighted by molar-refractivity contribution is -0.387. The number of aryl methyl sites for hydroxylation is 2. The van der Waals surface area contributed by atoms with E-state index in [1.165, 1.54) is 35.1 Å². The average Bonchev–Trinajstić information content (AvgIpc) is 3.31. The van der Waals surface area contributed by atoms with E-state index in [0.29, 0.717) is 0 Å². The van der Waals surface area contributed by atoms with E-state index in [9.17, 15) is 28.1 Å². The van der Waals surface area contributed by atoms with E-state index in [1.807, 2.05) is 6.07 Å². The van der Waals surface area contributed by atoms with Gasteiger partial charge in [-0.15, -0.1) is 0 Å². The average molecular weight is 544 g/mol. The van der Waals surface area contributed by atoms with E-state index in [-0.39, 0.29) is 19.5 Å². The molecular weight excluding hydrogens is 510 g/mol. The number of rotatable bonds is 7. The fourth-order valence-corrected chi connectivity index (χ4v) is 6.87. The first-order valence-corrected chi connectivity index (χ1v) is 14.1. The summed E-state index contributed by atoms with van der Waals surface area (Å²) in [6.45, 7) is 6.50. The number of esters is 1. The van der Waals surface area contributed by atoms with Crippen LogP contribution in [0.4, 0.5) is 5.69 Å². The third kappa shape index (κ3) is 5.58. The van der Waals surface area contributed by atoms with Crippen LogP contribution in [-0.2, 0) is 43.6 Å². The molecule has 11 heteroatoms. The Labute approximate surface area is 222 Å². The number of carbonyl (C=O) groups excluding carboxylic acids is 2. The molecule has 4 rings (SSSR count). The van der Waals surface area contributed by atoms with Crippen LogP contribution in [0.15, 0.2) is 47.4 Å². The van der Waals surface area contributed by atoms with Gasteiger partial charge in [0.2, 0.25) is 5.91 Å². The molecule has 0 unspecified atom stereocenters. The number of benzene rings is 2. The topological polar surface area (TPSA) is 127 Å². The van der Waals surface area contributed by atoms with Gasteiger partial charge in [-0.1, -0.05) is 30.3 Å². The minimum Gasteiger partial charge on any atom is -0.458 e. The Morgan fingerprint density at radius 1 is 1.13 bits per heavy atom. The summed E-state index contributed by atoms with van der Waals surface area (Å²) in [7, 11) is -4.36. The van der Waals surface area contributed by atoms with Gasteiger partial charge < -0.3 is 9.64 Å². The summed E-state index contributed by atoms with van der Waals surface area (Å²) in [6.07, 6.45) is 3.31. The van der Waals surface area contributed by atoms with Crippen molar-refractivity contribution in [3.8, 4) is 0 Å². The van der Waals surface area contributed by atoms with Crippen molar-refractivity contribution in [1.29, 1.82) is 0 Å². The van der Waals surface area contributed by atoms with Gasteiger partial charge in [-0.25, -0.2) is 13.2 Å². The van der Waals surface area contributed by atoms with E-state index < -0.39 is 55.1 Å². The monoisotopic (exact) mass is 543 g/mol. The van der Waals surface area contributed by atoms with Gasteiger partial charge in [0, 0.05) is 25.6 Å². The largest absolute Gasteiger partial charge is 0.458 e. The molecule has 1 aliphatic heterocycles. The number of ether oxygens (including phenoxy) is 1. The molecule has 2 aromatic carbocycles. The highest BCUT2D eigenvalue weighted by Gasteiger charge is 2.45. The van der Waals surface area contributed by atoms with Crippen LogP contribution in [0.2, 0.25) is 0 Å². The Hall–Kier alpha value is -3.31. The summed E-state index contributed by atoms with van der Waals surface area (Å²) in [4.78, 5) is 38.6. The molecule has 0 bridgehead atoms. The summed E-state index contributed by atoms with van der Waals surface area (Å²) < 4.78 is 33.5. The molecule has 1 saturated heterocycles. The number of nitro groups is 1. The highest BCUT2D eigenvalue weighted by Crippen LogP contribution is 2.31. The Bertz CT molecular complexity index is 1370. The maximum Gasteiger partial charge on any atom is 0.329 e. The fraction of sp³-hybridized carbons (Fsp3) is 0.481. The lowest BCUT2D eigenvalue weighted by Crippen LogP contribution is -2.62. The number of para-hydroxylation sites is 1. The number of piperazine rings is 1. The van der Waals surface area contributed by atoms with Crippen molar-refractivity contribution in [3.05, 3.63) is 69.3 Å². The van der Waals surface area contributed by atoms with Crippen molar-refractivity contribution in [2.45, 2.75) is 76.0 Å². The predicted octanol–water partition coefficient (Wildman–Crippen LogP) is 3.26. The van der Waals surface area contributed by atoms with Gasteiger partial charge in [-0.2, -0.15) is 4.31 Å². The van der Waals surface area contributed by atoms with E-state index in [4.69, 9.17) is 4.74 Å². The van der Waals surface area contributed by atoms with E-state index >= 15 is 0 Å². The van der Waals surface area contributed by atoms with Gasteiger partial charge in [-0.05, 0) is 69.7 Å². The second kappa shape index (κ2) is 10.5. The van der Waals surface area contributed by atoms with Crippen LogP contribution >= 0.6 is 0 Å². The summed E-state index contributed by atoms with van der Waals surface area (Å²) in [6, 6.07) is 9.04. The molecule has 10 nitrogen and oxygen atoms in total. The maximum atomic E-state index is 13.6. The van der Waals surface area contributed by atoms with E-state index in [0.717, 1.165) is 41.3 Å². The molecule has 0 saturated carbocycles. The third-order valence-corrected chi connectivity index (χ3v) is 8.95. The number of carbonyl (C=O) groups is 2. The zero-order valence-electron chi connectivity index (χ0n) is 22.0. The van der Waals surface area contributed by atoms with Gasteiger partial charge in [0.15, 0.2) is 4.90 Å². The number of hydrogen-bond acceptors (Lipinski definition) is 7. The summed E-state index contributed by atoms with van der Waals surface area (Å²) >= 11 is 0. The number of sulfonamides is 1. The van der Waals surface area contributed by atoms with Crippen molar-refractivity contribution >= 4 is 27.6 Å². The Morgan fingerprint density at radius 2 is 1.82 bits per heavy atom. The molecule has 0 radical (unpaired) electrons. The van der Waals surface area contributed by atoms with Crippen LogP contribution in [0.3, 0.4) is 0 Å². The van der Waals surface area contributed by atoms with Crippen molar-refractivity contribution in [1.82, 2.24) is 9.21 Å². The van der Waals surface area contributed by atoms with Gasteiger partial charge >= 0.3 is 5.97 Å². The second-order valence-corrected chi connectivity index (χ2v) is 12.6. The standard InChI is InChI=1S/C27H33N3O7S/c1-18-25(31)28(14-15-29(18)38(35,36)24-11-6-5-10-22(24)30(33)34)23(26(32)37-27(2,3)4)17-19-12-13-20-8-7-9-21(20)16-19/h5-6,10-13,16,18,23H,7-9,14-15,17H2,1-4H3/t18-,23-/m0/s1. The summed E-state index contributed by atoms with van der Waals surface area (Å²) in [5.74, 6) is -1.12. The van der Waals surface area contributed by atoms with Crippen LogP contribution < -0.4 is 0 Å². The first-order valence-electron chi connectivity index (χ1n) is 12.7. The van der Waals surface area contributed by atoms with E-state index in [2.05, 4.69) is 12.1 Å².